The Morgan fingerprint density at radius 2 is 1.50 bits per heavy atom. The second-order valence-corrected chi connectivity index (χ2v) is 8.66. The van der Waals surface area contributed by atoms with E-state index in [4.69, 9.17) is 0 Å². The van der Waals surface area contributed by atoms with E-state index in [1.54, 1.807) is 18.2 Å². The Morgan fingerprint density at radius 3 is 2.12 bits per heavy atom. The van der Waals surface area contributed by atoms with Crippen LogP contribution in [0.4, 0.5) is 15.8 Å². The number of benzene rings is 3. The zero-order valence-corrected chi connectivity index (χ0v) is 18.3. The Balaban J connectivity index is 1.72. The summed E-state index contributed by atoms with van der Waals surface area (Å²) in [5.74, 6) is -1.18. The minimum atomic E-state index is -3.89. The number of anilines is 2. The number of hydrogen-bond acceptors (Lipinski definition) is 4. The predicted molar refractivity (Wildman–Crippen MR) is 121 cm³/mol. The number of sulfonamides is 1. The minimum absolute atomic E-state index is 0.0804. The molecule has 0 aromatic heterocycles. The van der Waals surface area contributed by atoms with Gasteiger partial charge in [-0.2, -0.15) is 0 Å². The number of halogens is 1. The van der Waals surface area contributed by atoms with Crippen LogP contribution >= 0.6 is 0 Å². The lowest BCUT2D eigenvalue weighted by Crippen LogP contribution is -2.23. The molecule has 0 heterocycles. The van der Waals surface area contributed by atoms with Gasteiger partial charge in [0.25, 0.3) is 21.8 Å². The smallest absolute Gasteiger partial charge is 0.261 e. The topological polar surface area (TPSA) is 104 Å². The molecule has 0 bridgehead atoms. The third kappa shape index (κ3) is 5.50. The molecule has 166 valence electrons. The molecule has 3 N–H and O–H groups in total. The third-order valence-corrected chi connectivity index (χ3v) is 6.01. The zero-order valence-electron chi connectivity index (χ0n) is 17.5. The van der Waals surface area contributed by atoms with Crippen LogP contribution in [0.2, 0.25) is 0 Å². The van der Waals surface area contributed by atoms with E-state index >= 15 is 0 Å². The highest BCUT2D eigenvalue weighted by Gasteiger charge is 2.15. The fourth-order valence-electron chi connectivity index (χ4n) is 2.87. The van der Waals surface area contributed by atoms with Crippen molar-refractivity contribution in [1.82, 2.24) is 5.32 Å². The van der Waals surface area contributed by atoms with E-state index in [-0.39, 0.29) is 16.5 Å². The van der Waals surface area contributed by atoms with Crippen LogP contribution in [-0.2, 0) is 10.0 Å². The van der Waals surface area contributed by atoms with Gasteiger partial charge in [0.15, 0.2) is 0 Å². The standard InChI is InChI=1S/C23H22FN3O4S/c1-3-25-22(28)17-5-4-15(2)21(14-17)26-23(29)16-6-10-19(11-7-16)27-32(30,31)20-12-8-18(24)9-13-20/h4-14,27H,3H2,1-2H3,(H,25,28)(H,26,29). The van der Waals surface area contributed by atoms with Gasteiger partial charge in [-0.1, -0.05) is 6.07 Å². The lowest BCUT2D eigenvalue weighted by molar-refractivity contribution is 0.0954. The van der Waals surface area contributed by atoms with Crippen LogP contribution in [0.25, 0.3) is 0 Å². The minimum Gasteiger partial charge on any atom is -0.352 e. The fourth-order valence-corrected chi connectivity index (χ4v) is 3.93. The number of nitrogens with one attached hydrogen (secondary N) is 3. The van der Waals surface area contributed by atoms with Crippen LogP contribution in [0.15, 0.2) is 71.6 Å². The number of hydrogen-bond donors (Lipinski definition) is 3. The molecule has 3 aromatic carbocycles. The van der Waals surface area contributed by atoms with E-state index in [0.717, 1.165) is 29.8 Å². The van der Waals surface area contributed by atoms with Crippen molar-refractivity contribution in [1.29, 1.82) is 0 Å². The van der Waals surface area contributed by atoms with Crippen molar-refractivity contribution in [3.63, 3.8) is 0 Å². The van der Waals surface area contributed by atoms with Crippen LogP contribution in [-0.4, -0.2) is 26.8 Å². The van der Waals surface area contributed by atoms with Crippen molar-refractivity contribution in [2.45, 2.75) is 18.7 Å². The molecule has 0 radical (unpaired) electrons. The highest BCUT2D eigenvalue weighted by Crippen LogP contribution is 2.20. The second kappa shape index (κ2) is 9.61. The molecule has 32 heavy (non-hydrogen) atoms. The summed E-state index contributed by atoms with van der Waals surface area (Å²) < 4.78 is 40.2. The highest BCUT2D eigenvalue weighted by atomic mass is 32.2. The van der Waals surface area contributed by atoms with Crippen LogP contribution in [0.1, 0.15) is 33.2 Å². The van der Waals surface area contributed by atoms with Crippen LogP contribution in [0.5, 0.6) is 0 Å². The lowest BCUT2D eigenvalue weighted by atomic mass is 10.1. The normalized spacial score (nSPS) is 11.0. The predicted octanol–water partition coefficient (Wildman–Crippen LogP) is 3.94. The summed E-state index contributed by atoms with van der Waals surface area (Å²) in [6.45, 7) is 4.12. The van der Waals surface area contributed by atoms with Gasteiger partial charge < -0.3 is 10.6 Å². The van der Waals surface area contributed by atoms with Gasteiger partial charge in [0.2, 0.25) is 0 Å². The third-order valence-electron chi connectivity index (χ3n) is 4.61. The molecule has 2 amide bonds. The molecule has 0 saturated carbocycles. The van der Waals surface area contributed by atoms with Gasteiger partial charge in [-0.15, -0.1) is 0 Å². The summed E-state index contributed by atoms with van der Waals surface area (Å²) in [5, 5.41) is 5.48. The average Bonchev–Trinajstić information content (AvgIpc) is 2.76. The van der Waals surface area contributed by atoms with Crippen LogP contribution in [0.3, 0.4) is 0 Å². The number of rotatable bonds is 7. The molecule has 0 unspecified atom stereocenters. The molecule has 9 heteroatoms. The van der Waals surface area contributed by atoms with Gasteiger partial charge in [0.05, 0.1) is 4.90 Å². The van der Waals surface area contributed by atoms with Crippen LogP contribution in [0, 0.1) is 12.7 Å². The number of aryl methyl sites for hydroxylation is 1. The summed E-state index contributed by atoms with van der Waals surface area (Å²) in [6, 6.07) is 15.3. The van der Waals surface area contributed by atoms with E-state index in [9.17, 15) is 22.4 Å². The van der Waals surface area contributed by atoms with Crippen molar-refractivity contribution >= 4 is 33.2 Å². The highest BCUT2D eigenvalue weighted by molar-refractivity contribution is 7.92. The second-order valence-electron chi connectivity index (χ2n) is 6.98. The van der Waals surface area contributed by atoms with Gasteiger partial charge in [-0.05, 0) is 80.1 Å². The Labute approximate surface area is 185 Å². The first-order valence-corrected chi connectivity index (χ1v) is 11.3. The van der Waals surface area contributed by atoms with E-state index in [1.165, 1.54) is 24.3 Å². The van der Waals surface area contributed by atoms with E-state index in [0.29, 0.717) is 23.4 Å². The maximum absolute atomic E-state index is 13.0. The van der Waals surface area contributed by atoms with Crippen molar-refractivity contribution < 1.29 is 22.4 Å². The summed E-state index contributed by atoms with van der Waals surface area (Å²) in [7, 11) is -3.89. The number of carbonyl (C=O) groups excluding carboxylic acids is 2. The van der Waals surface area contributed by atoms with Crippen molar-refractivity contribution in [2.24, 2.45) is 0 Å². The van der Waals surface area contributed by atoms with E-state index < -0.39 is 21.7 Å². The average molecular weight is 456 g/mol. The maximum Gasteiger partial charge on any atom is 0.261 e. The van der Waals surface area contributed by atoms with Crippen LogP contribution < -0.4 is 15.4 Å². The summed E-state index contributed by atoms with van der Waals surface area (Å²) in [5.41, 5.74) is 2.27. The summed E-state index contributed by atoms with van der Waals surface area (Å²) in [6.07, 6.45) is 0. The van der Waals surface area contributed by atoms with Crippen molar-refractivity contribution in [3.05, 3.63) is 89.2 Å². The molecular formula is C23H22FN3O4S. The Hall–Kier alpha value is -3.72. The lowest BCUT2D eigenvalue weighted by Gasteiger charge is -2.12. The number of amides is 2. The van der Waals surface area contributed by atoms with E-state index in [1.807, 2.05) is 13.8 Å². The summed E-state index contributed by atoms with van der Waals surface area (Å²) in [4.78, 5) is 24.6. The first-order chi connectivity index (χ1) is 15.2. The Bertz CT molecular complexity index is 1240. The molecule has 0 atom stereocenters. The Kier molecular flexibility index (Phi) is 6.89. The molecule has 3 aromatic rings. The monoisotopic (exact) mass is 455 g/mol. The van der Waals surface area contributed by atoms with Gasteiger partial charge in [0.1, 0.15) is 5.82 Å². The molecule has 3 rings (SSSR count). The SMILES string of the molecule is CCNC(=O)c1ccc(C)c(NC(=O)c2ccc(NS(=O)(=O)c3ccc(F)cc3)cc2)c1. The molecule has 0 aliphatic rings. The molecule has 0 aliphatic heterocycles. The molecule has 0 fully saturated rings. The van der Waals surface area contributed by atoms with Gasteiger partial charge in [-0.25, -0.2) is 12.8 Å². The van der Waals surface area contributed by atoms with Crippen molar-refractivity contribution in [2.75, 3.05) is 16.6 Å². The largest absolute Gasteiger partial charge is 0.352 e. The fraction of sp³-hybridized carbons (Fsp3) is 0.130. The molecular weight excluding hydrogens is 433 g/mol. The Morgan fingerprint density at radius 1 is 0.875 bits per heavy atom. The van der Waals surface area contributed by atoms with E-state index in [2.05, 4.69) is 15.4 Å². The van der Waals surface area contributed by atoms with Gasteiger partial charge in [0, 0.05) is 29.0 Å². The van der Waals surface area contributed by atoms with Gasteiger partial charge >= 0.3 is 0 Å². The maximum atomic E-state index is 13.0. The molecule has 7 nitrogen and oxygen atoms in total. The first-order valence-electron chi connectivity index (χ1n) is 9.78. The first kappa shape index (κ1) is 23.0. The quantitative estimate of drug-likeness (QED) is 0.502. The summed E-state index contributed by atoms with van der Waals surface area (Å²) >= 11 is 0. The number of carbonyl (C=O) groups is 2. The molecule has 0 aliphatic carbocycles. The zero-order chi connectivity index (χ0) is 23.3. The molecule has 0 spiro atoms. The van der Waals surface area contributed by atoms with Gasteiger partial charge in [-0.3, -0.25) is 14.3 Å². The molecule has 0 saturated heterocycles. The van der Waals surface area contributed by atoms with Crippen molar-refractivity contribution in [3.8, 4) is 0 Å².